The Morgan fingerprint density at radius 2 is 2.15 bits per heavy atom. The highest BCUT2D eigenvalue weighted by atomic mass is 16.2. The molecule has 1 amide bonds. The molecule has 1 unspecified atom stereocenters. The molecule has 0 aliphatic carbocycles. The van der Waals surface area contributed by atoms with Gasteiger partial charge in [-0.25, -0.2) is 9.50 Å². The number of hydrogen-bond acceptors (Lipinski definition) is 4. The zero-order valence-electron chi connectivity index (χ0n) is 16.1. The average Bonchev–Trinajstić information content (AvgIpc) is 3.34. The van der Waals surface area contributed by atoms with Crippen LogP contribution in [0.1, 0.15) is 52.3 Å². The molecule has 0 aromatic carbocycles. The fourth-order valence-corrected chi connectivity index (χ4v) is 3.83. The van der Waals surface area contributed by atoms with Crippen LogP contribution in [-0.4, -0.2) is 48.3 Å². The first kappa shape index (κ1) is 17.5. The number of aromatic amines is 1. The van der Waals surface area contributed by atoms with Crippen molar-refractivity contribution < 1.29 is 4.79 Å². The Kier molecular flexibility index (Phi) is 4.13. The van der Waals surface area contributed by atoms with E-state index in [1.165, 1.54) is 4.52 Å². The first-order valence-corrected chi connectivity index (χ1v) is 9.29. The van der Waals surface area contributed by atoms with Crippen molar-refractivity contribution in [1.82, 2.24) is 29.3 Å². The zero-order chi connectivity index (χ0) is 19.3. The van der Waals surface area contributed by atoms with Gasteiger partial charge in [-0.15, -0.1) is 0 Å². The highest BCUT2D eigenvalue weighted by molar-refractivity contribution is 5.95. The summed E-state index contributed by atoms with van der Waals surface area (Å²) in [5.74, 6) is 0.0648. The third-order valence-corrected chi connectivity index (χ3v) is 5.69. The number of H-pyrrole nitrogens is 1. The summed E-state index contributed by atoms with van der Waals surface area (Å²) in [6.07, 6.45) is 3.25. The summed E-state index contributed by atoms with van der Waals surface area (Å²) in [4.78, 5) is 31.9. The van der Waals surface area contributed by atoms with Gasteiger partial charge in [0, 0.05) is 49.1 Å². The van der Waals surface area contributed by atoms with Crippen LogP contribution in [0.3, 0.4) is 0 Å². The van der Waals surface area contributed by atoms with E-state index in [-0.39, 0.29) is 17.4 Å². The molecule has 3 aromatic heterocycles. The van der Waals surface area contributed by atoms with Crippen LogP contribution in [0, 0.1) is 13.8 Å². The van der Waals surface area contributed by atoms with Crippen molar-refractivity contribution in [2.45, 2.75) is 39.5 Å². The van der Waals surface area contributed by atoms with Gasteiger partial charge in [0.1, 0.15) is 0 Å². The van der Waals surface area contributed by atoms with Crippen LogP contribution < -0.4 is 5.56 Å². The highest BCUT2D eigenvalue weighted by Gasteiger charge is 2.31. The fourth-order valence-electron chi connectivity index (χ4n) is 3.83. The summed E-state index contributed by atoms with van der Waals surface area (Å²) in [6.45, 7) is 7.15. The first-order chi connectivity index (χ1) is 12.9. The minimum atomic E-state index is -0.106. The summed E-state index contributed by atoms with van der Waals surface area (Å²) in [6, 6.07) is 1.59. The fraction of sp³-hybridized carbons (Fsp3) is 0.474. The minimum Gasteiger partial charge on any atom is -0.338 e. The lowest BCUT2D eigenvalue weighted by atomic mass is 10.0. The van der Waals surface area contributed by atoms with Crippen LogP contribution in [0.15, 0.2) is 17.1 Å². The topological polar surface area (TPSA) is 88.3 Å². The van der Waals surface area contributed by atoms with Crippen molar-refractivity contribution in [2.24, 2.45) is 7.05 Å². The molecule has 8 nitrogen and oxygen atoms in total. The predicted octanol–water partition coefficient (Wildman–Crippen LogP) is 1.57. The van der Waals surface area contributed by atoms with E-state index in [1.54, 1.807) is 16.9 Å². The first-order valence-electron chi connectivity index (χ1n) is 9.29. The lowest BCUT2D eigenvalue weighted by Crippen LogP contribution is -2.29. The Morgan fingerprint density at radius 1 is 1.37 bits per heavy atom. The van der Waals surface area contributed by atoms with Gasteiger partial charge in [-0.05, 0) is 26.7 Å². The van der Waals surface area contributed by atoms with Gasteiger partial charge < -0.3 is 4.90 Å². The van der Waals surface area contributed by atoms with E-state index in [0.29, 0.717) is 24.3 Å². The van der Waals surface area contributed by atoms with Gasteiger partial charge in [-0.3, -0.25) is 19.4 Å². The Labute approximate surface area is 156 Å². The quantitative estimate of drug-likeness (QED) is 0.760. The van der Waals surface area contributed by atoms with Crippen molar-refractivity contribution >= 4 is 11.6 Å². The summed E-state index contributed by atoms with van der Waals surface area (Å²) < 4.78 is 3.21. The molecule has 3 aromatic rings. The Bertz CT molecular complexity index is 1090. The molecule has 1 aliphatic heterocycles. The molecule has 0 radical (unpaired) electrons. The summed E-state index contributed by atoms with van der Waals surface area (Å²) in [7, 11) is 1.83. The van der Waals surface area contributed by atoms with Gasteiger partial charge in [0.05, 0.1) is 17.5 Å². The molecule has 1 fully saturated rings. The van der Waals surface area contributed by atoms with Crippen LogP contribution in [0.4, 0.5) is 0 Å². The number of likely N-dealkylation sites (tertiary alicyclic amines) is 1. The number of hydrogen-bond donors (Lipinski definition) is 1. The van der Waals surface area contributed by atoms with E-state index in [9.17, 15) is 9.59 Å². The van der Waals surface area contributed by atoms with Crippen molar-refractivity contribution in [2.75, 3.05) is 13.1 Å². The predicted molar refractivity (Wildman–Crippen MR) is 101 cm³/mol. The van der Waals surface area contributed by atoms with Gasteiger partial charge in [-0.2, -0.15) is 5.10 Å². The zero-order valence-corrected chi connectivity index (χ0v) is 16.1. The van der Waals surface area contributed by atoms with E-state index in [4.69, 9.17) is 4.98 Å². The molecule has 4 rings (SSSR count). The number of carbonyl (C=O) groups is 1. The summed E-state index contributed by atoms with van der Waals surface area (Å²) in [5.41, 5.74) is 4.86. The van der Waals surface area contributed by atoms with E-state index in [2.05, 4.69) is 10.2 Å². The lowest BCUT2D eigenvalue weighted by Gasteiger charge is -2.16. The Balaban J connectivity index is 1.62. The SMILES string of the molecule is CCc1[nH]n2c(=O)cc(C3CCN(C(=O)c4cnn(C)c4C)C3)nc2c1C. The number of aromatic nitrogens is 5. The average molecular weight is 368 g/mol. The minimum absolute atomic E-state index is 0.00741. The molecule has 1 N–H and O–H groups in total. The second-order valence-corrected chi connectivity index (χ2v) is 7.25. The number of fused-ring (bicyclic) bond motifs is 1. The molecule has 0 saturated carbocycles. The number of nitrogens with one attached hydrogen (secondary N) is 1. The molecule has 0 bridgehead atoms. The van der Waals surface area contributed by atoms with Gasteiger partial charge in [0.15, 0.2) is 5.65 Å². The number of carbonyl (C=O) groups excluding carboxylic acids is 1. The molecule has 4 heterocycles. The smallest absolute Gasteiger partial charge is 0.272 e. The van der Waals surface area contributed by atoms with Crippen LogP contribution in [0.2, 0.25) is 0 Å². The molecule has 27 heavy (non-hydrogen) atoms. The molecule has 142 valence electrons. The monoisotopic (exact) mass is 368 g/mol. The summed E-state index contributed by atoms with van der Waals surface area (Å²) in [5, 5.41) is 7.29. The second kappa shape index (κ2) is 6.37. The maximum atomic E-state index is 12.8. The molecule has 1 saturated heterocycles. The maximum Gasteiger partial charge on any atom is 0.272 e. The Hall–Kier alpha value is -2.90. The number of rotatable bonds is 3. The van der Waals surface area contributed by atoms with E-state index in [0.717, 1.165) is 35.5 Å². The van der Waals surface area contributed by atoms with Gasteiger partial charge >= 0.3 is 0 Å². The third-order valence-electron chi connectivity index (χ3n) is 5.69. The molecule has 1 atom stereocenters. The molecule has 8 heteroatoms. The lowest BCUT2D eigenvalue weighted by molar-refractivity contribution is 0.0790. The third kappa shape index (κ3) is 2.75. The molecule has 1 aliphatic rings. The van der Waals surface area contributed by atoms with E-state index < -0.39 is 0 Å². The van der Waals surface area contributed by atoms with Crippen LogP contribution in [0.25, 0.3) is 5.65 Å². The highest BCUT2D eigenvalue weighted by Crippen LogP contribution is 2.27. The van der Waals surface area contributed by atoms with E-state index in [1.807, 2.05) is 32.7 Å². The molecular formula is C19H24N6O2. The maximum absolute atomic E-state index is 12.8. The van der Waals surface area contributed by atoms with Crippen molar-refractivity contribution in [3.63, 3.8) is 0 Å². The van der Waals surface area contributed by atoms with Crippen molar-refractivity contribution in [3.8, 4) is 0 Å². The second-order valence-electron chi connectivity index (χ2n) is 7.25. The van der Waals surface area contributed by atoms with Gasteiger partial charge in [0.2, 0.25) is 0 Å². The standard InChI is InChI=1S/C19H24N6O2/c1-5-15-11(2)18-21-16(8-17(26)25(18)22-15)13-6-7-24(10-13)19(27)14-9-20-23(4)12(14)3/h8-9,13,22H,5-7,10H2,1-4H3. The van der Waals surface area contributed by atoms with Crippen LogP contribution >= 0.6 is 0 Å². The summed E-state index contributed by atoms with van der Waals surface area (Å²) >= 11 is 0. The Morgan fingerprint density at radius 3 is 2.81 bits per heavy atom. The largest absolute Gasteiger partial charge is 0.338 e. The van der Waals surface area contributed by atoms with Crippen LogP contribution in [0.5, 0.6) is 0 Å². The van der Waals surface area contributed by atoms with E-state index >= 15 is 0 Å². The van der Waals surface area contributed by atoms with Crippen molar-refractivity contribution in [1.29, 1.82) is 0 Å². The molecule has 0 spiro atoms. The van der Waals surface area contributed by atoms with Crippen LogP contribution in [-0.2, 0) is 13.5 Å². The van der Waals surface area contributed by atoms with Crippen molar-refractivity contribution in [3.05, 3.63) is 50.8 Å². The number of aryl methyl sites for hydroxylation is 3. The molecular weight excluding hydrogens is 344 g/mol. The number of nitrogens with zero attached hydrogens (tertiary/aromatic N) is 5. The normalized spacial score (nSPS) is 17.2. The van der Waals surface area contributed by atoms with Gasteiger partial charge in [-0.1, -0.05) is 6.92 Å². The van der Waals surface area contributed by atoms with Gasteiger partial charge in [0.25, 0.3) is 11.5 Å². The number of amides is 1.